The SMILES string of the molecule is C=CC(C=C)C[SiH2]OCC. The lowest BCUT2D eigenvalue weighted by Crippen LogP contribution is -2.02. The van der Waals surface area contributed by atoms with Gasteiger partial charge in [0.25, 0.3) is 0 Å². The van der Waals surface area contributed by atoms with Crippen molar-refractivity contribution in [2.24, 2.45) is 5.92 Å². The molecule has 0 bridgehead atoms. The summed E-state index contributed by atoms with van der Waals surface area (Å²) in [5.74, 6) is 0.471. The zero-order chi connectivity index (χ0) is 7.82. The van der Waals surface area contributed by atoms with Gasteiger partial charge in [0.1, 0.15) is 0 Å². The van der Waals surface area contributed by atoms with Crippen LogP contribution in [0.2, 0.25) is 6.04 Å². The van der Waals surface area contributed by atoms with Gasteiger partial charge in [-0.1, -0.05) is 12.2 Å². The van der Waals surface area contributed by atoms with Gasteiger partial charge < -0.3 is 4.43 Å². The molecule has 0 spiro atoms. The summed E-state index contributed by atoms with van der Waals surface area (Å²) in [6.45, 7) is 10.3. The third-order valence-electron chi connectivity index (χ3n) is 1.41. The monoisotopic (exact) mass is 156 g/mol. The predicted octanol–water partition coefficient (Wildman–Crippen LogP) is 1.51. The standard InChI is InChI=1S/C8H16OSi/c1-4-8(5-2)7-10-9-6-3/h4-5,8H,1-2,6-7,10H2,3H3. The highest BCUT2D eigenvalue weighted by atomic mass is 28.2. The van der Waals surface area contributed by atoms with Crippen LogP contribution in [0.1, 0.15) is 6.92 Å². The first-order chi connectivity index (χ1) is 4.85. The molecule has 0 heterocycles. The molecular formula is C8H16OSi. The minimum atomic E-state index is -0.301. The van der Waals surface area contributed by atoms with E-state index in [9.17, 15) is 0 Å². The summed E-state index contributed by atoms with van der Waals surface area (Å²) in [6.07, 6.45) is 3.86. The van der Waals surface area contributed by atoms with Crippen molar-refractivity contribution in [3.63, 3.8) is 0 Å². The maximum absolute atomic E-state index is 5.31. The molecule has 0 aliphatic heterocycles. The van der Waals surface area contributed by atoms with Crippen molar-refractivity contribution in [3.8, 4) is 0 Å². The fourth-order valence-electron chi connectivity index (χ4n) is 0.696. The minimum Gasteiger partial charge on any atom is -0.424 e. The normalized spacial score (nSPS) is 11.0. The summed E-state index contributed by atoms with van der Waals surface area (Å²) in [4.78, 5) is 0. The third kappa shape index (κ3) is 4.53. The summed E-state index contributed by atoms with van der Waals surface area (Å²) in [5.41, 5.74) is 0. The molecule has 0 rings (SSSR count). The lowest BCUT2D eigenvalue weighted by molar-refractivity contribution is 0.358. The molecule has 0 aromatic carbocycles. The van der Waals surface area contributed by atoms with Gasteiger partial charge in [0.15, 0.2) is 9.76 Å². The van der Waals surface area contributed by atoms with Crippen LogP contribution in [-0.2, 0) is 4.43 Å². The molecule has 0 aromatic rings. The van der Waals surface area contributed by atoms with Crippen LogP contribution >= 0.6 is 0 Å². The van der Waals surface area contributed by atoms with Crippen molar-refractivity contribution >= 4 is 9.76 Å². The summed E-state index contributed by atoms with van der Waals surface area (Å²) in [6, 6.07) is 1.14. The molecule has 0 saturated carbocycles. The smallest absolute Gasteiger partial charge is 0.162 e. The van der Waals surface area contributed by atoms with Crippen LogP contribution in [0, 0.1) is 5.92 Å². The topological polar surface area (TPSA) is 9.23 Å². The first-order valence-corrected chi connectivity index (χ1v) is 5.25. The number of rotatable bonds is 6. The number of allylic oxidation sites excluding steroid dienone is 2. The molecule has 0 unspecified atom stereocenters. The highest BCUT2D eigenvalue weighted by molar-refractivity contribution is 6.27. The fourth-order valence-corrected chi connectivity index (χ4v) is 1.89. The fraction of sp³-hybridized carbons (Fsp3) is 0.500. The Morgan fingerprint density at radius 3 is 2.50 bits per heavy atom. The van der Waals surface area contributed by atoms with Crippen molar-refractivity contribution in [1.29, 1.82) is 0 Å². The Kier molecular flexibility index (Phi) is 6.54. The van der Waals surface area contributed by atoms with Gasteiger partial charge in [-0.05, 0) is 18.9 Å². The molecule has 0 aliphatic rings. The Morgan fingerprint density at radius 1 is 1.50 bits per heavy atom. The van der Waals surface area contributed by atoms with Gasteiger partial charge in [-0.3, -0.25) is 0 Å². The molecule has 0 aliphatic carbocycles. The molecule has 0 saturated heterocycles. The molecule has 10 heavy (non-hydrogen) atoms. The van der Waals surface area contributed by atoms with Crippen LogP contribution in [0.5, 0.6) is 0 Å². The van der Waals surface area contributed by atoms with Crippen LogP contribution in [0.4, 0.5) is 0 Å². The van der Waals surface area contributed by atoms with E-state index in [2.05, 4.69) is 13.2 Å². The second kappa shape index (κ2) is 6.77. The summed E-state index contributed by atoms with van der Waals surface area (Å²) >= 11 is 0. The van der Waals surface area contributed by atoms with Crippen molar-refractivity contribution in [2.75, 3.05) is 6.61 Å². The zero-order valence-corrected chi connectivity index (χ0v) is 8.09. The molecule has 0 atom stereocenters. The van der Waals surface area contributed by atoms with E-state index in [1.54, 1.807) is 0 Å². The summed E-state index contributed by atoms with van der Waals surface area (Å²) in [5, 5.41) is 0. The quantitative estimate of drug-likeness (QED) is 0.322. The largest absolute Gasteiger partial charge is 0.424 e. The van der Waals surface area contributed by atoms with Gasteiger partial charge in [-0.15, -0.1) is 13.2 Å². The Balaban J connectivity index is 3.25. The van der Waals surface area contributed by atoms with Crippen molar-refractivity contribution in [1.82, 2.24) is 0 Å². The van der Waals surface area contributed by atoms with Crippen LogP contribution < -0.4 is 0 Å². The lowest BCUT2D eigenvalue weighted by atomic mass is 10.2. The van der Waals surface area contributed by atoms with Crippen LogP contribution in [-0.4, -0.2) is 16.4 Å². The molecule has 0 radical (unpaired) electrons. The van der Waals surface area contributed by atoms with E-state index in [-0.39, 0.29) is 9.76 Å². The molecule has 58 valence electrons. The number of hydrogen-bond acceptors (Lipinski definition) is 1. The highest BCUT2D eigenvalue weighted by Crippen LogP contribution is 2.04. The van der Waals surface area contributed by atoms with E-state index < -0.39 is 0 Å². The highest BCUT2D eigenvalue weighted by Gasteiger charge is 1.97. The van der Waals surface area contributed by atoms with E-state index in [0.29, 0.717) is 5.92 Å². The van der Waals surface area contributed by atoms with Gasteiger partial charge in [0.05, 0.1) is 0 Å². The Hall–Kier alpha value is -0.343. The Bertz CT molecular complexity index is 93.4. The molecule has 2 heteroatoms. The van der Waals surface area contributed by atoms with Gasteiger partial charge in [-0.2, -0.15) is 0 Å². The average Bonchev–Trinajstić information content (AvgIpc) is 1.99. The minimum absolute atomic E-state index is 0.301. The van der Waals surface area contributed by atoms with E-state index in [0.717, 1.165) is 12.7 Å². The molecular weight excluding hydrogens is 140 g/mol. The molecule has 1 nitrogen and oxygen atoms in total. The van der Waals surface area contributed by atoms with Crippen molar-refractivity contribution < 1.29 is 4.43 Å². The Labute approximate surface area is 65.7 Å². The first-order valence-electron chi connectivity index (χ1n) is 3.68. The first kappa shape index (κ1) is 9.66. The van der Waals surface area contributed by atoms with Gasteiger partial charge in [0.2, 0.25) is 0 Å². The van der Waals surface area contributed by atoms with Gasteiger partial charge >= 0.3 is 0 Å². The third-order valence-corrected chi connectivity index (χ3v) is 3.00. The molecule has 0 fully saturated rings. The summed E-state index contributed by atoms with van der Waals surface area (Å²) in [7, 11) is -0.301. The Morgan fingerprint density at radius 2 is 2.10 bits per heavy atom. The average molecular weight is 156 g/mol. The molecule has 0 aromatic heterocycles. The van der Waals surface area contributed by atoms with E-state index in [1.807, 2.05) is 19.1 Å². The van der Waals surface area contributed by atoms with Crippen LogP contribution in [0.15, 0.2) is 25.3 Å². The van der Waals surface area contributed by atoms with Crippen LogP contribution in [0.25, 0.3) is 0 Å². The lowest BCUT2D eigenvalue weighted by Gasteiger charge is -2.04. The maximum Gasteiger partial charge on any atom is 0.162 e. The van der Waals surface area contributed by atoms with Gasteiger partial charge in [-0.25, -0.2) is 0 Å². The van der Waals surface area contributed by atoms with E-state index >= 15 is 0 Å². The second-order valence-corrected chi connectivity index (χ2v) is 3.51. The van der Waals surface area contributed by atoms with E-state index in [4.69, 9.17) is 4.43 Å². The van der Waals surface area contributed by atoms with Crippen molar-refractivity contribution in [3.05, 3.63) is 25.3 Å². The van der Waals surface area contributed by atoms with Crippen LogP contribution in [0.3, 0.4) is 0 Å². The van der Waals surface area contributed by atoms with Gasteiger partial charge in [0, 0.05) is 6.61 Å². The predicted molar refractivity (Wildman–Crippen MR) is 48.9 cm³/mol. The van der Waals surface area contributed by atoms with Crippen molar-refractivity contribution in [2.45, 2.75) is 13.0 Å². The summed E-state index contributed by atoms with van der Waals surface area (Å²) < 4.78 is 5.31. The number of hydrogen-bond donors (Lipinski definition) is 0. The maximum atomic E-state index is 5.31. The second-order valence-electron chi connectivity index (χ2n) is 2.12. The van der Waals surface area contributed by atoms with E-state index in [1.165, 1.54) is 0 Å². The molecule has 0 N–H and O–H groups in total. The molecule has 0 amide bonds. The zero-order valence-electron chi connectivity index (χ0n) is 6.68.